The number of anilines is 1. The lowest BCUT2D eigenvalue weighted by molar-refractivity contribution is -0.119. The number of methoxy groups -OCH3 is 1. The molecule has 8 nitrogen and oxygen atoms in total. The number of nitrogens with zero attached hydrogens (tertiary/aromatic N) is 2. The number of sulfonamides is 1. The number of rotatable bonds is 11. The van der Waals surface area contributed by atoms with Gasteiger partial charge in [-0.2, -0.15) is 5.10 Å². The summed E-state index contributed by atoms with van der Waals surface area (Å²) in [7, 11) is -2.52. The maximum absolute atomic E-state index is 13.5. The lowest BCUT2D eigenvalue weighted by atomic mass is 10.2. The van der Waals surface area contributed by atoms with Gasteiger partial charge in [-0.1, -0.05) is 52.3 Å². The summed E-state index contributed by atoms with van der Waals surface area (Å²) in [5.74, 6) is 0.354. The van der Waals surface area contributed by atoms with Crippen LogP contribution in [0.2, 0.25) is 0 Å². The molecule has 0 aliphatic heterocycles. The highest BCUT2D eigenvalue weighted by molar-refractivity contribution is 9.10. The molecule has 3 rings (SSSR count). The number of hydrazone groups is 1. The zero-order valence-corrected chi connectivity index (χ0v) is 24.1. The van der Waals surface area contributed by atoms with Crippen LogP contribution in [0.5, 0.6) is 11.5 Å². The van der Waals surface area contributed by atoms with E-state index in [1.165, 1.54) is 25.5 Å². The monoisotopic (exact) mass is 649 g/mol. The third kappa shape index (κ3) is 7.43. The number of nitrogens with one attached hydrogen (secondary N) is 1. The molecule has 0 heterocycles. The molecule has 3 aromatic carbocycles. The smallest absolute Gasteiger partial charge is 0.264 e. The van der Waals surface area contributed by atoms with Crippen LogP contribution in [0.25, 0.3) is 0 Å². The minimum atomic E-state index is -4.03. The summed E-state index contributed by atoms with van der Waals surface area (Å²) in [6, 6.07) is 16.6. The van der Waals surface area contributed by atoms with Crippen molar-refractivity contribution in [2.75, 3.05) is 24.6 Å². The molecule has 0 bridgehead atoms. The Morgan fingerprint density at radius 2 is 1.86 bits per heavy atom. The van der Waals surface area contributed by atoms with Gasteiger partial charge in [0.1, 0.15) is 13.2 Å². The van der Waals surface area contributed by atoms with Crippen LogP contribution in [-0.2, 0) is 14.8 Å². The van der Waals surface area contributed by atoms with Gasteiger partial charge in [-0.25, -0.2) is 13.8 Å². The van der Waals surface area contributed by atoms with Gasteiger partial charge in [0.2, 0.25) is 0 Å². The van der Waals surface area contributed by atoms with E-state index >= 15 is 0 Å². The van der Waals surface area contributed by atoms with Crippen LogP contribution in [-0.4, -0.2) is 40.8 Å². The maximum atomic E-state index is 13.5. The van der Waals surface area contributed by atoms with Crippen molar-refractivity contribution in [1.29, 1.82) is 0 Å². The van der Waals surface area contributed by atoms with Crippen molar-refractivity contribution in [2.24, 2.45) is 5.10 Å². The fraction of sp³-hybridized carbons (Fsp3) is 0.154. The summed E-state index contributed by atoms with van der Waals surface area (Å²) in [5.41, 5.74) is 4.26. The summed E-state index contributed by atoms with van der Waals surface area (Å²) in [6.45, 7) is 5.32. The van der Waals surface area contributed by atoms with Crippen molar-refractivity contribution >= 4 is 59.7 Å². The van der Waals surface area contributed by atoms with E-state index in [9.17, 15) is 13.2 Å². The topological polar surface area (TPSA) is 97.3 Å². The van der Waals surface area contributed by atoms with E-state index in [1.54, 1.807) is 54.6 Å². The highest BCUT2D eigenvalue weighted by atomic mass is 79.9. The van der Waals surface area contributed by atoms with Gasteiger partial charge in [0.05, 0.1) is 28.4 Å². The number of carbonyl (C=O) groups is 1. The summed E-state index contributed by atoms with van der Waals surface area (Å²) in [6.07, 6.45) is 3.04. The van der Waals surface area contributed by atoms with Gasteiger partial charge in [0.15, 0.2) is 11.5 Å². The van der Waals surface area contributed by atoms with E-state index in [1.807, 2.05) is 6.92 Å². The molecule has 0 radical (unpaired) electrons. The molecule has 0 saturated heterocycles. The van der Waals surface area contributed by atoms with Gasteiger partial charge >= 0.3 is 0 Å². The van der Waals surface area contributed by atoms with Crippen molar-refractivity contribution in [3.63, 3.8) is 0 Å². The number of amides is 1. The molecule has 0 unspecified atom stereocenters. The first-order valence-corrected chi connectivity index (χ1v) is 14.0. The average molecular weight is 651 g/mol. The van der Waals surface area contributed by atoms with E-state index in [-0.39, 0.29) is 4.90 Å². The molecular weight excluding hydrogens is 626 g/mol. The molecule has 1 N–H and O–H groups in total. The van der Waals surface area contributed by atoms with Gasteiger partial charge in [-0.15, -0.1) is 0 Å². The normalized spacial score (nSPS) is 11.2. The molecule has 194 valence electrons. The minimum Gasteiger partial charge on any atom is -0.493 e. The molecule has 0 saturated carbocycles. The molecule has 0 atom stereocenters. The fourth-order valence-electron chi connectivity index (χ4n) is 3.23. The molecule has 0 spiro atoms. The largest absolute Gasteiger partial charge is 0.493 e. The highest BCUT2D eigenvalue weighted by Gasteiger charge is 2.27. The Labute approximate surface area is 233 Å². The Morgan fingerprint density at radius 3 is 2.51 bits per heavy atom. The summed E-state index contributed by atoms with van der Waals surface area (Å²) in [5, 5.41) is 3.99. The van der Waals surface area contributed by atoms with Crippen LogP contribution >= 0.6 is 31.9 Å². The molecule has 3 aromatic rings. The quantitative estimate of drug-likeness (QED) is 0.169. The predicted octanol–water partition coefficient (Wildman–Crippen LogP) is 5.44. The Balaban J connectivity index is 1.81. The first-order chi connectivity index (χ1) is 17.6. The van der Waals surface area contributed by atoms with E-state index < -0.39 is 22.5 Å². The van der Waals surface area contributed by atoms with Gasteiger partial charge in [-0.3, -0.25) is 9.10 Å². The fourth-order valence-corrected chi connectivity index (χ4v) is 5.60. The second kappa shape index (κ2) is 12.9. The van der Waals surface area contributed by atoms with Gasteiger partial charge in [0, 0.05) is 4.47 Å². The zero-order chi connectivity index (χ0) is 27.0. The third-order valence-corrected chi connectivity index (χ3v) is 7.86. The molecule has 0 aliphatic rings. The number of benzene rings is 3. The Kier molecular flexibility index (Phi) is 9.90. The Hall–Kier alpha value is -3.15. The first-order valence-electron chi connectivity index (χ1n) is 10.9. The second-order valence-corrected chi connectivity index (χ2v) is 11.4. The Morgan fingerprint density at radius 1 is 1.14 bits per heavy atom. The predicted molar refractivity (Wildman–Crippen MR) is 152 cm³/mol. The SMILES string of the molecule is C=CCOc1c(Br)cc(/C=N\NC(=O)CN(c2cccc(Br)c2)S(=O)(=O)c2ccc(C)cc2)cc1OC. The highest BCUT2D eigenvalue weighted by Crippen LogP contribution is 2.36. The molecule has 0 aromatic heterocycles. The molecule has 37 heavy (non-hydrogen) atoms. The Bertz CT molecular complexity index is 1410. The van der Waals surface area contributed by atoms with E-state index in [0.717, 1.165) is 9.87 Å². The lowest BCUT2D eigenvalue weighted by Crippen LogP contribution is -2.39. The van der Waals surface area contributed by atoms with E-state index in [2.05, 4.69) is 49.0 Å². The van der Waals surface area contributed by atoms with Crippen molar-refractivity contribution in [1.82, 2.24) is 5.43 Å². The summed E-state index contributed by atoms with van der Waals surface area (Å²) in [4.78, 5) is 12.9. The van der Waals surface area contributed by atoms with Crippen LogP contribution in [0.3, 0.4) is 0 Å². The summed E-state index contributed by atoms with van der Waals surface area (Å²) >= 11 is 6.80. The molecule has 11 heteroatoms. The number of aryl methyl sites for hydroxylation is 1. The van der Waals surface area contributed by atoms with E-state index in [4.69, 9.17) is 9.47 Å². The van der Waals surface area contributed by atoms with Crippen LogP contribution in [0.15, 0.2) is 92.3 Å². The van der Waals surface area contributed by atoms with Crippen molar-refractivity contribution < 1.29 is 22.7 Å². The van der Waals surface area contributed by atoms with Gasteiger partial charge in [0.25, 0.3) is 15.9 Å². The van der Waals surface area contributed by atoms with Crippen molar-refractivity contribution in [3.05, 3.63) is 93.4 Å². The number of carbonyl (C=O) groups excluding carboxylic acids is 1. The molecule has 0 aliphatic carbocycles. The number of halogens is 2. The van der Waals surface area contributed by atoms with Crippen LogP contribution in [0.4, 0.5) is 5.69 Å². The first kappa shape index (κ1) is 28.4. The number of ether oxygens (including phenoxy) is 2. The maximum Gasteiger partial charge on any atom is 0.264 e. The molecule has 1 amide bonds. The van der Waals surface area contributed by atoms with E-state index in [0.29, 0.717) is 38.3 Å². The second-order valence-electron chi connectivity index (χ2n) is 7.73. The zero-order valence-electron chi connectivity index (χ0n) is 20.1. The minimum absolute atomic E-state index is 0.0742. The van der Waals surface area contributed by atoms with Crippen molar-refractivity contribution in [3.8, 4) is 11.5 Å². The average Bonchev–Trinajstić information content (AvgIpc) is 2.86. The lowest BCUT2D eigenvalue weighted by Gasteiger charge is -2.24. The van der Waals surface area contributed by atoms with Gasteiger partial charge in [-0.05, 0) is 70.9 Å². The number of hydrogen-bond acceptors (Lipinski definition) is 6. The third-order valence-electron chi connectivity index (χ3n) is 4.99. The number of hydrogen-bond donors (Lipinski definition) is 1. The van der Waals surface area contributed by atoms with Crippen molar-refractivity contribution in [2.45, 2.75) is 11.8 Å². The van der Waals surface area contributed by atoms with Crippen LogP contribution < -0.4 is 19.2 Å². The van der Waals surface area contributed by atoms with Crippen LogP contribution in [0.1, 0.15) is 11.1 Å². The standard InChI is InChI=1S/C26H25Br2N3O5S/c1-4-12-36-26-23(28)13-19(14-24(26)35-3)16-29-30-25(32)17-31(21-7-5-6-20(27)15-21)37(33,34)22-10-8-18(2)9-11-22/h4-11,13-16H,1,12,17H2,2-3H3,(H,30,32)/b29-16-. The molecule has 0 fully saturated rings. The van der Waals surface area contributed by atoms with Gasteiger partial charge < -0.3 is 9.47 Å². The summed E-state index contributed by atoms with van der Waals surface area (Å²) < 4.78 is 40.2. The van der Waals surface area contributed by atoms with Crippen LogP contribution in [0, 0.1) is 6.92 Å². The molecular formula is C26H25Br2N3O5S.